The van der Waals surface area contributed by atoms with Gasteiger partial charge in [-0.2, -0.15) is 5.26 Å². The van der Waals surface area contributed by atoms with Gasteiger partial charge in [-0.1, -0.05) is 54.2 Å². The fraction of sp³-hybridized carbons (Fsp3) is 0.0588. The van der Waals surface area contributed by atoms with Crippen LogP contribution in [0.5, 0.6) is 5.75 Å². The molecular weight excluding hydrogens is 316 g/mol. The fourth-order valence-electron chi connectivity index (χ4n) is 1.79. The highest BCUT2D eigenvalue weighted by Gasteiger charge is 2.05. The number of ether oxygens (including phenoxy) is 1. The minimum absolute atomic E-state index is 0.0648. The average Bonchev–Trinajstić information content (AvgIpc) is 2.52. The van der Waals surface area contributed by atoms with Crippen molar-refractivity contribution in [2.45, 2.75) is 6.61 Å². The van der Waals surface area contributed by atoms with Crippen molar-refractivity contribution in [3.63, 3.8) is 0 Å². The summed E-state index contributed by atoms with van der Waals surface area (Å²) in [6, 6.07) is 16.8. The first-order valence-electron chi connectivity index (χ1n) is 6.48. The minimum Gasteiger partial charge on any atom is -0.488 e. The fourth-order valence-corrected chi connectivity index (χ4v) is 2.02. The first-order chi connectivity index (χ1) is 10.6. The number of nitrogens with two attached hydrogens (primary N) is 1. The second-order valence-corrected chi connectivity index (χ2v) is 5.36. The Bertz CT molecular complexity index is 748. The minimum atomic E-state index is 0.0648. The van der Waals surface area contributed by atoms with Gasteiger partial charge in [-0.05, 0) is 29.8 Å². The largest absolute Gasteiger partial charge is 0.488 e. The number of rotatable bonds is 5. The highest BCUT2D eigenvalue weighted by Crippen LogP contribution is 2.22. The van der Waals surface area contributed by atoms with Crippen LogP contribution in [0.4, 0.5) is 0 Å². The summed E-state index contributed by atoms with van der Waals surface area (Å²) in [5.74, 6) is 0.654. The number of nitriles is 1. The molecular formula is C17H13ClN2OS. The third kappa shape index (κ3) is 4.32. The molecule has 3 nitrogen and oxygen atoms in total. The Morgan fingerprint density at radius 1 is 1.23 bits per heavy atom. The highest BCUT2D eigenvalue weighted by atomic mass is 35.5. The van der Waals surface area contributed by atoms with E-state index in [1.165, 1.54) is 0 Å². The maximum absolute atomic E-state index is 9.04. The first-order valence-corrected chi connectivity index (χ1v) is 7.26. The van der Waals surface area contributed by atoms with Crippen LogP contribution < -0.4 is 10.5 Å². The maximum atomic E-state index is 9.04. The van der Waals surface area contributed by atoms with E-state index in [0.29, 0.717) is 17.4 Å². The SMILES string of the molecule is N#CC(=Cc1ccccc1OCc1ccc(Cl)cc1)C(N)=S. The Kier molecular flexibility index (Phi) is 5.54. The van der Waals surface area contributed by atoms with E-state index in [2.05, 4.69) is 0 Å². The van der Waals surface area contributed by atoms with Crippen LogP contribution >= 0.6 is 23.8 Å². The Morgan fingerprint density at radius 3 is 2.55 bits per heavy atom. The number of thiocarbonyl (C=S) groups is 1. The molecule has 0 amide bonds. The number of hydrogen-bond donors (Lipinski definition) is 1. The van der Waals surface area contributed by atoms with Gasteiger partial charge in [0, 0.05) is 10.6 Å². The van der Waals surface area contributed by atoms with Gasteiger partial charge in [0.1, 0.15) is 23.4 Å². The second kappa shape index (κ2) is 7.60. The monoisotopic (exact) mass is 328 g/mol. The molecule has 110 valence electrons. The van der Waals surface area contributed by atoms with Gasteiger partial charge in [-0.15, -0.1) is 0 Å². The van der Waals surface area contributed by atoms with E-state index < -0.39 is 0 Å². The third-order valence-corrected chi connectivity index (χ3v) is 3.38. The molecule has 0 aliphatic heterocycles. The zero-order valence-electron chi connectivity index (χ0n) is 11.6. The molecule has 0 bridgehead atoms. The van der Waals surface area contributed by atoms with Crippen LogP contribution in [-0.2, 0) is 6.61 Å². The number of halogens is 1. The Labute approximate surface area is 139 Å². The van der Waals surface area contributed by atoms with Crippen molar-refractivity contribution in [1.82, 2.24) is 0 Å². The lowest BCUT2D eigenvalue weighted by molar-refractivity contribution is 0.305. The highest BCUT2D eigenvalue weighted by molar-refractivity contribution is 7.80. The summed E-state index contributed by atoms with van der Waals surface area (Å²) in [6.45, 7) is 0.400. The van der Waals surface area contributed by atoms with E-state index in [-0.39, 0.29) is 10.6 Å². The van der Waals surface area contributed by atoms with Crippen molar-refractivity contribution in [2.75, 3.05) is 0 Å². The number of nitrogens with zero attached hydrogens (tertiary/aromatic N) is 1. The van der Waals surface area contributed by atoms with Crippen LogP contribution in [0.3, 0.4) is 0 Å². The van der Waals surface area contributed by atoms with Crippen molar-refractivity contribution in [3.8, 4) is 11.8 Å². The van der Waals surface area contributed by atoms with Crippen molar-refractivity contribution < 1.29 is 4.74 Å². The predicted octanol–water partition coefficient (Wildman–Crippen LogP) is 4.11. The van der Waals surface area contributed by atoms with Crippen molar-refractivity contribution in [2.24, 2.45) is 5.73 Å². The van der Waals surface area contributed by atoms with Gasteiger partial charge < -0.3 is 10.5 Å². The van der Waals surface area contributed by atoms with Crippen LogP contribution in [-0.4, -0.2) is 4.99 Å². The molecule has 2 N–H and O–H groups in total. The Morgan fingerprint density at radius 2 is 1.91 bits per heavy atom. The van der Waals surface area contributed by atoms with Crippen LogP contribution in [0.25, 0.3) is 6.08 Å². The second-order valence-electron chi connectivity index (χ2n) is 4.49. The van der Waals surface area contributed by atoms with Gasteiger partial charge >= 0.3 is 0 Å². The molecule has 0 aromatic heterocycles. The lowest BCUT2D eigenvalue weighted by Crippen LogP contribution is -2.09. The molecule has 0 heterocycles. The van der Waals surface area contributed by atoms with Crippen LogP contribution in [0.2, 0.25) is 5.02 Å². The molecule has 0 radical (unpaired) electrons. The van der Waals surface area contributed by atoms with E-state index in [1.54, 1.807) is 6.08 Å². The molecule has 0 atom stereocenters. The van der Waals surface area contributed by atoms with Crippen molar-refractivity contribution in [1.29, 1.82) is 5.26 Å². The Balaban J connectivity index is 2.20. The van der Waals surface area contributed by atoms with Crippen LogP contribution in [0.15, 0.2) is 54.1 Å². The molecule has 2 aromatic rings. The molecule has 0 saturated heterocycles. The number of hydrogen-bond acceptors (Lipinski definition) is 3. The molecule has 22 heavy (non-hydrogen) atoms. The summed E-state index contributed by atoms with van der Waals surface area (Å²) in [5.41, 5.74) is 7.51. The lowest BCUT2D eigenvalue weighted by atomic mass is 10.1. The summed E-state index contributed by atoms with van der Waals surface area (Å²) in [7, 11) is 0. The average molecular weight is 329 g/mol. The maximum Gasteiger partial charge on any atom is 0.127 e. The van der Waals surface area contributed by atoms with Crippen molar-refractivity contribution >= 4 is 34.9 Å². The van der Waals surface area contributed by atoms with Gasteiger partial charge in [0.25, 0.3) is 0 Å². The molecule has 5 heteroatoms. The van der Waals surface area contributed by atoms with Gasteiger partial charge in [0.2, 0.25) is 0 Å². The Hall–Kier alpha value is -2.35. The summed E-state index contributed by atoms with van der Waals surface area (Å²) < 4.78 is 5.81. The van der Waals surface area contributed by atoms with Gasteiger partial charge in [0.15, 0.2) is 0 Å². The van der Waals surface area contributed by atoms with Crippen LogP contribution in [0, 0.1) is 11.3 Å². The summed E-state index contributed by atoms with van der Waals surface area (Å²) in [6.07, 6.45) is 1.62. The van der Waals surface area contributed by atoms with Gasteiger partial charge in [-0.25, -0.2) is 0 Å². The predicted molar refractivity (Wildman–Crippen MR) is 92.6 cm³/mol. The normalized spacial score (nSPS) is 10.8. The van der Waals surface area contributed by atoms with Crippen LogP contribution in [0.1, 0.15) is 11.1 Å². The molecule has 0 spiro atoms. The van der Waals surface area contributed by atoms with E-state index in [0.717, 1.165) is 11.1 Å². The smallest absolute Gasteiger partial charge is 0.127 e. The molecule has 2 rings (SSSR count). The van der Waals surface area contributed by atoms with Gasteiger partial charge in [-0.3, -0.25) is 0 Å². The summed E-state index contributed by atoms with van der Waals surface area (Å²) in [4.78, 5) is 0.0648. The first kappa shape index (κ1) is 16.0. The van der Waals surface area contributed by atoms with E-state index in [4.69, 9.17) is 39.6 Å². The van der Waals surface area contributed by atoms with Crippen molar-refractivity contribution in [3.05, 3.63) is 70.3 Å². The quantitative estimate of drug-likeness (QED) is 0.509. The molecule has 0 saturated carbocycles. The summed E-state index contributed by atoms with van der Waals surface area (Å²) in [5, 5.41) is 9.73. The number of benzene rings is 2. The zero-order chi connectivity index (χ0) is 15.9. The molecule has 0 fully saturated rings. The molecule has 0 aliphatic carbocycles. The molecule has 0 unspecified atom stereocenters. The molecule has 0 aliphatic rings. The van der Waals surface area contributed by atoms with E-state index >= 15 is 0 Å². The third-order valence-electron chi connectivity index (χ3n) is 2.91. The zero-order valence-corrected chi connectivity index (χ0v) is 13.2. The molecule has 2 aromatic carbocycles. The topological polar surface area (TPSA) is 59.0 Å². The number of para-hydroxylation sites is 1. The lowest BCUT2D eigenvalue weighted by Gasteiger charge is -2.09. The van der Waals surface area contributed by atoms with E-state index in [1.807, 2.05) is 54.6 Å². The summed E-state index contributed by atoms with van der Waals surface area (Å²) >= 11 is 10.7. The standard InChI is InChI=1S/C17H13ClN2OS/c18-15-7-5-12(6-8-15)11-21-16-4-2-1-3-13(16)9-14(10-19)17(20)22/h1-9H,11H2,(H2,20,22). The van der Waals surface area contributed by atoms with E-state index in [9.17, 15) is 0 Å². The van der Waals surface area contributed by atoms with Gasteiger partial charge in [0.05, 0.1) is 5.57 Å².